The smallest absolute Gasteiger partial charge is 0.347 e. The SMILES string of the molecule is O=S(=O)(c1ccccc1)[C@@H]1O[C@H]1c1ccc(C(F)(F)F)cc1. The average Bonchev–Trinajstić information content (AvgIpc) is 3.29. The summed E-state index contributed by atoms with van der Waals surface area (Å²) in [6, 6.07) is 12.1. The maximum absolute atomic E-state index is 12.5. The van der Waals surface area contributed by atoms with Crippen molar-refractivity contribution < 1.29 is 26.3 Å². The molecule has 0 amide bonds. The van der Waals surface area contributed by atoms with E-state index < -0.39 is 33.1 Å². The Morgan fingerprint density at radius 1 is 0.909 bits per heavy atom. The second kappa shape index (κ2) is 5.10. The van der Waals surface area contributed by atoms with E-state index in [-0.39, 0.29) is 4.90 Å². The lowest BCUT2D eigenvalue weighted by atomic mass is 10.1. The van der Waals surface area contributed by atoms with Crippen molar-refractivity contribution in [3.05, 3.63) is 65.7 Å². The van der Waals surface area contributed by atoms with Crippen LogP contribution < -0.4 is 0 Å². The summed E-state index contributed by atoms with van der Waals surface area (Å²) in [5.41, 5.74) is -1.41. The van der Waals surface area contributed by atoms with Gasteiger partial charge in [-0.2, -0.15) is 13.2 Å². The number of sulfone groups is 1. The number of epoxide rings is 1. The molecule has 2 aromatic rings. The van der Waals surface area contributed by atoms with Gasteiger partial charge in [-0.1, -0.05) is 30.3 Å². The van der Waals surface area contributed by atoms with Crippen LogP contribution in [-0.2, 0) is 20.8 Å². The zero-order valence-corrected chi connectivity index (χ0v) is 11.9. The molecule has 1 aliphatic heterocycles. The first-order chi connectivity index (χ1) is 10.3. The first kappa shape index (κ1) is 15.1. The quantitative estimate of drug-likeness (QED) is 0.809. The Balaban J connectivity index is 1.80. The van der Waals surface area contributed by atoms with E-state index in [2.05, 4.69) is 0 Å². The molecule has 2 atom stereocenters. The second-order valence-corrected chi connectivity index (χ2v) is 6.93. The monoisotopic (exact) mass is 328 g/mol. The number of halogens is 3. The standard InChI is InChI=1S/C15H11F3O3S/c16-15(17,18)11-8-6-10(7-9-11)13-14(21-13)22(19,20)12-4-2-1-3-5-12/h1-9,13-14H/t13-,14-/m0/s1. The van der Waals surface area contributed by atoms with E-state index in [4.69, 9.17) is 4.74 Å². The Morgan fingerprint density at radius 2 is 1.50 bits per heavy atom. The third-order valence-corrected chi connectivity index (χ3v) is 5.29. The highest BCUT2D eigenvalue weighted by atomic mass is 32.2. The van der Waals surface area contributed by atoms with Crippen molar-refractivity contribution in [3.8, 4) is 0 Å². The van der Waals surface area contributed by atoms with Gasteiger partial charge in [-0.3, -0.25) is 0 Å². The first-order valence-electron chi connectivity index (χ1n) is 6.42. The van der Waals surface area contributed by atoms with Gasteiger partial charge in [0.25, 0.3) is 0 Å². The van der Waals surface area contributed by atoms with Crippen molar-refractivity contribution in [2.45, 2.75) is 22.6 Å². The molecular weight excluding hydrogens is 317 g/mol. The van der Waals surface area contributed by atoms with Crippen molar-refractivity contribution in [2.75, 3.05) is 0 Å². The Kier molecular flexibility index (Phi) is 3.49. The minimum atomic E-state index is -4.42. The van der Waals surface area contributed by atoms with Crippen LogP contribution in [-0.4, -0.2) is 13.9 Å². The molecule has 3 rings (SSSR count). The van der Waals surface area contributed by atoms with Gasteiger partial charge in [-0.15, -0.1) is 0 Å². The molecule has 116 valence electrons. The summed E-state index contributed by atoms with van der Waals surface area (Å²) in [5.74, 6) is 0. The van der Waals surface area contributed by atoms with Crippen molar-refractivity contribution >= 4 is 9.84 Å². The topological polar surface area (TPSA) is 46.7 Å². The van der Waals surface area contributed by atoms with Gasteiger partial charge in [0.15, 0.2) is 5.44 Å². The largest absolute Gasteiger partial charge is 0.416 e. The average molecular weight is 328 g/mol. The molecule has 7 heteroatoms. The first-order valence-corrected chi connectivity index (χ1v) is 7.96. The van der Waals surface area contributed by atoms with E-state index in [1.807, 2.05) is 0 Å². The lowest BCUT2D eigenvalue weighted by molar-refractivity contribution is -0.137. The molecule has 1 heterocycles. The molecule has 0 aliphatic carbocycles. The molecule has 2 aromatic carbocycles. The van der Waals surface area contributed by atoms with Gasteiger partial charge >= 0.3 is 6.18 Å². The summed E-state index contributed by atoms with van der Waals surface area (Å²) in [6.45, 7) is 0. The minimum Gasteiger partial charge on any atom is -0.347 e. The summed E-state index contributed by atoms with van der Waals surface area (Å²) in [4.78, 5) is 0.134. The fourth-order valence-corrected chi connectivity index (χ4v) is 3.73. The van der Waals surface area contributed by atoms with Crippen LogP contribution in [0.15, 0.2) is 59.5 Å². The van der Waals surface area contributed by atoms with Crippen LogP contribution in [0, 0.1) is 0 Å². The number of alkyl halides is 3. The van der Waals surface area contributed by atoms with E-state index in [0.717, 1.165) is 12.1 Å². The van der Waals surface area contributed by atoms with Gasteiger partial charge < -0.3 is 4.74 Å². The van der Waals surface area contributed by atoms with E-state index >= 15 is 0 Å². The van der Waals surface area contributed by atoms with E-state index in [1.165, 1.54) is 24.3 Å². The van der Waals surface area contributed by atoms with Gasteiger partial charge in [0.05, 0.1) is 10.5 Å². The molecule has 0 spiro atoms. The molecule has 1 fully saturated rings. The molecule has 0 aromatic heterocycles. The minimum absolute atomic E-state index is 0.134. The predicted molar refractivity (Wildman–Crippen MR) is 72.7 cm³/mol. The maximum atomic E-state index is 12.5. The lowest BCUT2D eigenvalue weighted by Crippen LogP contribution is -2.09. The molecule has 0 bridgehead atoms. The lowest BCUT2D eigenvalue weighted by Gasteiger charge is -2.06. The Hall–Kier alpha value is -1.86. The van der Waals surface area contributed by atoms with Crippen molar-refractivity contribution in [1.82, 2.24) is 0 Å². The molecule has 0 saturated carbocycles. The van der Waals surface area contributed by atoms with Crippen molar-refractivity contribution in [1.29, 1.82) is 0 Å². The third kappa shape index (κ3) is 2.74. The van der Waals surface area contributed by atoms with Crippen LogP contribution in [0.1, 0.15) is 17.2 Å². The van der Waals surface area contributed by atoms with Gasteiger partial charge in [0.1, 0.15) is 6.10 Å². The molecule has 0 unspecified atom stereocenters. The summed E-state index contributed by atoms with van der Waals surface area (Å²) in [6.07, 6.45) is -5.15. The maximum Gasteiger partial charge on any atom is 0.416 e. The molecular formula is C15H11F3O3S. The Labute approximate surface area is 125 Å². The number of ether oxygens (including phenoxy) is 1. The number of hydrogen-bond acceptors (Lipinski definition) is 3. The van der Waals surface area contributed by atoms with Crippen molar-refractivity contribution in [3.63, 3.8) is 0 Å². The van der Waals surface area contributed by atoms with Crippen LogP contribution in [0.25, 0.3) is 0 Å². The summed E-state index contributed by atoms with van der Waals surface area (Å²) >= 11 is 0. The second-order valence-electron chi connectivity index (χ2n) is 4.90. The van der Waals surface area contributed by atoms with E-state index in [1.54, 1.807) is 18.2 Å². The molecule has 22 heavy (non-hydrogen) atoms. The zero-order valence-electron chi connectivity index (χ0n) is 11.1. The van der Waals surface area contributed by atoms with Crippen LogP contribution in [0.5, 0.6) is 0 Å². The van der Waals surface area contributed by atoms with Crippen LogP contribution in [0.3, 0.4) is 0 Å². The van der Waals surface area contributed by atoms with Gasteiger partial charge in [0, 0.05) is 0 Å². The van der Waals surface area contributed by atoms with E-state index in [9.17, 15) is 21.6 Å². The number of rotatable bonds is 3. The highest BCUT2D eigenvalue weighted by molar-refractivity contribution is 7.92. The summed E-state index contributed by atoms with van der Waals surface area (Å²) in [5, 5.41) is 0. The molecule has 0 radical (unpaired) electrons. The number of benzene rings is 2. The van der Waals surface area contributed by atoms with Gasteiger partial charge in [0.2, 0.25) is 9.84 Å². The fraction of sp³-hybridized carbons (Fsp3) is 0.200. The number of hydrogen-bond donors (Lipinski definition) is 0. The zero-order chi connectivity index (χ0) is 16.0. The highest BCUT2D eigenvalue weighted by Crippen LogP contribution is 2.45. The predicted octanol–water partition coefficient (Wildman–Crippen LogP) is 3.58. The van der Waals surface area contributed by atoms with Crippen LogP contribution in [0.4, 0.5) is 13.2 Å². The summed E-state index contributed by atoms with van der Waals surface area (Å²) in [7, 11) is -3.65. The molecule has 0 N–H and O–H groups in total. The van der Waals surface area contributed by atoms with Gasteiger partial charge in [-0.05, 0) is 29.8 Å². The Bertz CT molecular complexity index is 768. The molecule has 1 aliphatic rings. The van der Waals surface area contributed by atoms with Gasteiger partial charge in [-0.25, -0.2) is 8.42 Å². The van der Waals surface area contributed by atoms with Crippen molar-refractivity contribution in [2.24, 2.45) is 0 Å². The van der Waals surface area contributed by atoms with Crippen LogP contribution >= 0.6 is 0 Å². The van der Waals surface area contributed by atoms with Crippen LogP contribution in [0.2, 0.25) is 0 Å². The molecule has 3 nitrogen and oxygen atoms in total. The highest BCUT2D eigenvalue weighted by Gasteiger charge is 2.50. The summed E-state index contributed by atoms with van der Waals surface area (Å²) < 4.78 is 67.3. The third-order valence-electron chi connectivity index (χ3n) is 3.40. The Morgan fingerprint density at radius 3 is 2.05 bits per heavy atom. The molecule has 1 saturated heterocycles. The normalized spacial score (nSPS) is 21.6. The fourth-order valence-electron chi connectivity index (χ4n) is 2.18. The van der Waals surface area contributed by atoms with E-state index in [0.29, 0.717) is 5.56 Å².